The molecule has 0 saturated carbocycles. The van der Waals surface area contributed by atoms with Crippen molar-refractivity contribution in [3.05, 3.63) is 12.2 Å². The Hall–Kier alpha value is -1.76. The van der Waals surface area contributed by atoms with Crippen LogP contribution in [-0.2, 0) is 38.0 Å². The molecule has 0 aromatic carbocycles. The van der Waals surface area contributed by atoms with Crippen LogP contribution in [0.2, 0.25) is 0 Å². The fourth-order valence-electron chi connectivity index (χ4n) is 6.97. The van der Waals surface area contributed by atoms with E-state index in [2.05, 4.69) is 26.0 Å². The Morgan fingerprint density at radius 1 is 0.534 bits per heavy atom. The summed E-state index contributed by atoms with van der Waals surface area (Å²) in [6, 6.07) is 0. The third-order valence-electron chi connectivity index (χ3n) is 10.7. The summed E-state index contributed by atoms with van der Waals surface area (Å²) in [5.74, 6) is -0.935. The highest BCUT2D eigenvalue weighted by atomic mass is 16.7. The average molecular weight is 835 g/mol. The van der Waals surface area contributed by atoms with Crippen LogP contribution in [0.4, 0.5) is 0 Å². The number of hydrogen-bond donors (Lipinski definition) is 7. The lowest BCUT2D eigenvalue weighted by Gasteiger charge is -2.42. The van der Waals surface area contributed by atoms with Crippen molar-refractivity contribution >= 4 is 11.9 Å². The molecule has 2 heterocycles. The smallest absolute Gasteiger partial charge is 0.306 e. The monoisotopic (exact) mass is 835 g/mol. The van der Waals surface area contributed by atoms with Crippen molar-refractivity contribution < 1.29 is 73.8 Å². The third-order valence-corrected chi connectivity index (χ3v) is 10.7. The van der Waals surface area contributed by atoms with Crippen LogP contribution in [0.15, 0.2) is 12.2 Å². The minimum atomic E-state index is -1.76. The van der Waals surface area contributed by atoms with Crippen molar-refractivity contribution in [3.8, 4) is 0 Å². The minimum absolute atomic E-state index is 0.158. The molecule has 0 aromatic heterocycles. The number of aliphatic hydroxyl groups excluding tert-OH is 7. The predicted molar refractivity (Wildman–Crippen MR) is 215 cm³/mol. The number of hydrogen-bond acceptors (Lipinski definition) is 15. The standard InChI is InChI=1S/C43H78O15/c1-3-5-7-9-11-13-15-16-18-20-22-24-26-35(46)56-31(28-53-34(45)25-23-21-19-17-14-12-10-8-6-4-2)29-54-42-41(52)39(50)37(48)33(58-42)30-55-43-40(51)38(49)36(47)32(27-44)57-43/h11,13,31-33,36-44,47-52H,3-10,12,14-30H2,1-2H3/b13-11+/t31-,32-,33-,36+,37+,38?,39?,40?,41?,42-,43-/m1/s1. The van der Waals surface area contributed by atoms with E-state index in [-0.39, 0.29) is 26.1 Å². The van der Waals surface area contributed by atoms with Gasteiger partial charge in [0.15, 0.2) is 18.7 Å². The molecule has 0 aliphatic carbocycles. The molecule has 7 N–H and O–H groups in total. The topological polar surface area (TPSA) is 231 Å². The molecule has 340 valence electrons. The van der Waals surface area contributed by atoms with Crippen LogP contribution in [0.3, 0.4) is 0 Å². The molecule has 0 aromatic rings. The van der Waals surface area contributed by atoms with Crippen molar-refractivity contribution in [1.82, 2.24) is 0 Å². The summed E-state index contributed by atoms with van der Waals surface area (Å²) in [4.78, 5) is 25.5. The van der Waals surface area contributed by atoms with Crippen molar-refractivity contribution in [2.24, 2.45) is 0 Å². The molecule has 15 heteroatoms. The van der Waals surface area contributed by atoms with E-state index in [0.29, 0.717) is 12.8 Å². The molecule has 15 nitrogen and oxygen atoms in total. The molecule has 11 atom stereocenters. The predicted octanol–water partition coefficient (Wildman–Crippen LogP) is 4.26. The van der Waals surface area contributed by atoms with E-state index < -0.39 is 92.7 Å². The van der Waals surface area contributed by atoms with E-state index >= 15 is 0 Å². The molecular formula is C43H78O15. The maximum absolute atomic E-state index is 12.9. The van der Waals surface area contributed by atoms with Gasteiger partial charge < -0.3 is 64.2 Å². The van der Waals surface area contributed by atoms with Crippen LogP contribution in [0.1, 0.15) is 155 Å². The van der Waals surface area contributed by atoms with Gasteiger partial charge in [0, 0.05) is 12.8 Å². The van der Waals surface area contributed by atoms with Crippen LogP contribution >= 0.6 is 0 Å². The Morgan fingerprint density at radius 3 is 1.55 bits per heavy atom. The van der Waals surface area contributed by atoms with E-state index in [1.54, 1.807) is 0 Å². The normalized spacial score (nSPS) is 28.2. The summed E-state index contributed by atoms with van der Waals surface area (Å²) in [6.07, 6.45) is 9.80. The molecule has 0 amide bonds. The summed E-state index contributed by atoms with van der Waals surface area (Å²) in [5, 5.41) is 71.7. The van der Waals surface area contributed by atoms with Crippen LogP contribution < -0.4 is 0 Å². The maximum Gasteiger partial charge on any atom is 0.306 e. The zero-order chi connectivity index (χ0) is 42.5. The van der Waals surface area contributed by atoms with E-state index in [0.717, 1.165) is 57.8 Å². The first-order chi connectivity index (χ1) is 28.0. The van der Waals surface area contributed by atoms with Gasteiger partial charge in [-0.05, 0) is 38.5 Å². The number of aliphatic hydroxyl groups is 7. The van der Waals surface area contributed by atoms with Crippen molar-refractivity contribution in [2.45, 2.75) is 223 Å². The summed E-state index contributed by atoms with van der Waals surface area (Å²) >= 11 is 0. The first kappa shape index (κ1) is 52.4. The SMILES string of the molecule is CCCCC/C=C/CCCCCCCC(=O)O[C@H](COC(=O)CCCCCCCCCCCC)CO[C@@H]1O[C@H](CO[C@@H]2O[C@H](CO)[C@H](O)C(O)C2O)[C@H](O)C(O)C1O. The van der Waals surface area contributed by atoms with E-state index in [1.807, 2.05) is 0 Å². The summed E-state index contributed by atoms with van der Waals surface area (Å²) in [6.45, 7) is 2.52. The summed E-state index contributed by atoms with van der Waals surface area (Å²) in [5.41, 5.74) is 0. The minimum Gasteiger partial charge on any atom is -0.462 e. The van der Waals surface area contributed by atoms with Crippen LogP contribution in [0.25, 0.3) is 0 Å². The van der Waals surface area contributed by atoms with E-state index in [1.165, 1.54) is 57.8 Å². The Bertz CT molecular complexity index is 1080. The van der Waals surface area contributed by atoms with Crippen LogP contribution in [-0.4, -0.2) is 142 Å². The van der Waals surface area contributed by atoms with Crippen molar-refractivity contribution in [1.29, 1.82) is 0 Å². The van der Waals surface area contributed by atoms with Gasteiger partial charge in [0.05, 0.1) is 19.8 Å². The lowest BCUT2D eigenvalue weighted by Crippen LogP contribution is -2.61. The fraction of sp³-hybridized carbons (Fsp3) is 0.907. The molecule has 2 aliphatic heterocycles. The number of ether oxygens (including phenoxy) is 6. The Labute approximate surface area is 346 Å². The second-order valence-corrected chi connectivity index (χ2v) is 15.9. The van der Waals surface area contributed by atoms with Gasteiger partial charge >= 0.3 is 11.9 Å². The van der Waals surface area contributed by atoms with Gasteiger partial charge in [-0.1, -0.05) is 116 Å². The molecule has 0 spiro atoms. The number of esters is 2. The third kappa shape index (κ3) is 21.2. The van der Waals surface area contributed by atoms with E-state index in [4.69, 9.17) is 28.4 Å². The molecule has 58 heavy (non-hydrogen) atoms. The summed E-state index contributed by atoms with van der Waals surface area (Å²) in [7, 11) is 0. The van der Waals surface area contributed by atoms with Crippen molar-refractivity contribution in [2.75, 3.05) is 26.4 Å². The van der Waals surface area contributed by atoms with Gasteiger partial charge in [0.2, 0.25) is 0 Å². The molecule has 4 unspecified atom stereocenters. The number of carbonyl (C=O) groups is 2. The molecule has 2 aliphatic rings. The second-order valence-electron chi connectivity index (χ2n) is 15.9. The van der Waals surface area contributed by atoms with Crippen LogP contribution in [0.5, 0.6) is 0 Å². The molecule has 2 saturated heterocycles. The molecule has 0 bridgehead atoms. The first-order valence-corrected chi connectivity index (χ1v) is 22.3. The Balaban J connectivity index is 1.88. The van der Waals surface area contributed by atoms with Gasteiger partial charge in [0.25, 0.3) is 0 Å². The highest BCUT2D eigenvalue weighted by Crippen LogP contribution is 2.26. The highest BCUT2D eigenvalue weighted by molar-refractivity contribution is 5.70. The molecular weight excluding hydrogens is 756 g/mol. The van der Waals surface area contributed by atoms with E-state index in [9.17, 15) is 45.3 Å². The average Bonchev–Trinajstić information content (AvgIpc) is 3.21. The zero-order valence-electron chi connectivity index (χ0n) is 35.3. The highest BCUT2D eigenvalue weighted by Gasteiger charge is 2.47. The molecule has 2 fully saturated rings. The molecule has 2 rings (SSSR count). The second kappa shape index (κ2) is 32.0. The zero-order valence-corrected chi connectivity index (χ0v) is 35.3. The van der Waals surface area contributed by atoms with Crippen LogP contribution in [0, 0.1) is 0 Å². The van der Waals surface area contributed by atoms with Gasteiger partial charge in [-0.3, -0.25) is 9.59 Å². The fourth-order valence-corrected chi connectivity index (χ4v) is 6.97. The van der Waals surface area contributed by atoms with Gasteiger partial charge in [-0.15, -0.1) is 0 Å². The van der Waals surface area contributed by atoms with Gasteiger partial charge in [0.1, 0.15) is 55.4 Å². The Kier molecular flexibility index (Phi) is 28.9. The Morgan fingerprint density at radius 2 is 0.983 bits per heavy atom. The number of allylic oxidation sites excluding steroid dienone is 2. The first-order valence-electron chi connectivity index (χ1n) is 22.3. The van der Waals surface area contributed by atoms with Crippen molar-refractivity contribution in [3.63, 3.8) is 0 Å². The number of unbranched alkanes of at least 4 members (excludes halogenated alkanes) is 17. The number of carbonyl (C=O) groups excluding carboxylic acids is 2. The van der Waals surface area contributed by atoms with Gasteiger partial charge in [-0.25, -0.2) is 0 Å². The quantitative estimate of drug-likeness (QED) is 0.0278. The van der Waals surface area contributed by atoms with Gasteiger partial charge in [-0.2, -0.15) is 0 Å². The number of rotatable bonds is 33. The lowest BCUT2D eigenvalue weighted by molar-refractivity contribution is -0.332. The largest absolute Gasteiger partial charge is 0.462 e. The lowest BCUT2D eigenvalue weighted by atomic mass is 9.98. The summed E-state index contributed by atoms with van der Waals surface area (Å²) < 4.78 is 33.4. The maximum atomic E-state index is 12.9. The molecule has 0 radical (unpaired) electrons.